The van der Waals surface area contributed by atoms with Crippen molar-refractivity contribution >= 4 is 22.7 Å². The molecule has 0 aromatic heterocycles. The first-order valence-electron chi connectivity index (χ1n) is 18.5. The minimum absolute atomic E-state index is 1.02. The summed E-state index contributed by atoms with van der Waals surface area (Å²) >= 11 is 0. The van der Waals surface area contributed by atoms with Crippen molar-refractivity contribution in [1.29, 1.82) is 0 Å². The maximum atomic E-state index is 2.64. The third-order valence-corrected chi connectivity index (χ3v) is 10.4. The van der Waals surface area contributed by atoms with E-state index in [1.54, 1.807) is 0 Å². The van der Waals surface area contributed by atoms with Gasteiger partial charge in [0.15, 0.2) is 12.3 Å². The molecule has 46 heavy (non-hydrogen) atoms. The van der Waals surface area contributed by atoms with Crippen molar-refractivity contribution in [2.45, 2.75) is 66.2 Å². The van der Waals surface area contributed by atoms with Gasteiger partial charge < -0.3 is 14.7 Å². The van der Waals surface area contributed by atoms with Gasteiger partial charge in [0.05, 0.1) is 6.54 Å². The summed E-state index contributed by atoms with van der Waals surface area (Å²) in [5.74, 6) is 0. The Morgan fingerprint density at radius 1 is 0.587 bits per heavy atom. The lowest BCUT2D eigenvalue weighted by Gasteiger charge is -2.30. The molecule has 0 unspecified atom stereocenters. The fourth-order valence-electron chi connectivity index (χ4n) is 7.44. The van der Waals surface area contributed by atoms with Crippen LogP contribution in [-0.4, -0.2) is 98.6 Å². The third-order valence-electron chi connectivity index (χ3n) is 10.4. The van der Waals surface area contributed by atoms with E-state index in [0.717, 1.165) is 52.4 Å². The van der Waals surface area contributed by atoms with E-state index in [-0.39, 0.29) is 0 Å². The number of nitrogens with zero attached hydrogens (tertiary/aromatic N) is 5. The summed E-state index contributed by atoms with van der Waals surface area (Å²) in [6, 6.07) is 18.6. The van der Waals surface area contributed by atoms with Crippen molar-refractivity contribution in [2.75, 3.05) is 88.3 Å². The van der Waals surface area contributed by atoms with Crippen LogP contribution in [0.15, 0.2) is 78.4 Å². The van der Waals surface area contributed by atoms with Gasteiger partial charge in [0.25, 0.3) is 0 Å². The van der Waals surface area contributed by atoms with Gasteiger partial charge >= 0.3 is 0 Å². The topological polar surface area (TPSA) is 16.0 Å². The number of allylic oxidation sites excluding steroid dienone is 5. The number of rotatable bonds is 14. The highest BCUT2D eigenvalue weighted by Gasteiger charge is 2.18. The zero-order valence-electron chi connectivity index (χ0n) is 29.4. The van der Waals surface area contributed by atoms with Crippen LogP contribution in [0.5, 0.6) is 0 Å². The van der Waals surface area contributed by atoms with E-state index in [1.807, 2.05) is 0 Å². The lowest BCUT2D eigenvalue weighted by molar-refractivity contribution is -0.523. The molecule has 5 rings (SSSR count). The van der Waals surface area contributed by atoms with Crippen molar-refractivity contribution < 1.29 is 4.58 Å². The first-order valence-corrected chi connectivity index (χ1v) is 18.5. The fourth-order valence-corrected chi connectivity index (χ4v) is 7.44. The minimum Gasteiger partial charge on any atom is -0.372 e. The lowest BCUT2D eigenvalue weighted by Crippen LogP contribution is -2.37. The monoisotopic (exact) mass is 622 g/mol. The highest BCUT2D eigenvalue weighted by molar-refractivity contribution is 6.04. The van der Waals surface area contributed by atoms with E-state index in [9.17, 15) is 0 Å². The molecule has 0 bridgehead atoms. The van der Waals surface area contributed by atoms with Gasteiger partial charge in [0.2, 0.25) is 0 Å². The van der Waals surface area contributed by atoms with Crippen LogP contribution in [0.4, 0.5) is 11.4 Å². The summed E-state index contributed by atoms with van der Waals surface area (Å²) in [6.07, 6.45) is 17.6. The van der Waals surface area contributed by atoms with Crippen molar-refractivity contribution in [2.24, 2.45) is 0 Å². The molecule has 2 fully saturated rings. The molecule has 248 valence electrons. The molecule has 2 aliphatic heterocycles. The molecule has 3 aliphatic rings. The highest BCUT2D eigenvalue weighted by Crippen LogP contribution is 2.32. The smallest absolute Gasteiger partial charge is 0.199 e. The molecule has 0 amide bonds. The maximum Gasteiger partial charge on any atom is 0.199 e. The zero-order valence-corrected chi connectivity index (χ0v) is 29.4. The summed E-state index contributed by atoms with van der Waals surface area (Å²) in [6.45, 7) is 22.7. The fraction of sp³-hybridized carbons (Fsp3) is 0.537. The number of anilines is 2. The SMILES string of the molecule is CCN(CC)c1ccc(C(=C2C=CC(=[N+](CC)CCN3CCCCC3)C=C2)c2ccc(N(CC)CCN3CCCCC3)cc2)cc1. The summed E-state index contributed by atoms with van der Waals surface area (Å²) in [5, 5.41) is 0. The largest absolute Gasteiger partial charge is 0.372 e. The second kappa shape index (κ2) is 17.7. The molecule has 0 spiro atoms. The number of benzene rings is 2. The summed E-state index contributed by atoms with van der Waals surface area (Å²) < 4.78 is 2.54. The van der Waals surface area contributed by atoms with Gasteiger partial charge in [0.1, 0.15) is 6.54 Å². The Hall–Kier alpha value is -3.15. The molecule has 2 aromatic rings. The first kappa shape index (κ1) is 34.2. The lowest BCUT2D eigenvalue weighted by atomic mass is 9.90. The van der Waals surface area contributed by atoms with Crippen LogP contribution in [0.1, 0.15) is 77.3 Å². The van der Waals surface area contributed by atoms with Gasteiger partial charge in [-0.05, 0) is 138 Å². The van der Waals surface area contributed by atoms with E-state index in [2.05, 4.69) is 125 Å². The quantitative estimate of drug-likeness (QED) is 0.200. The Labute approximate surface area is 280 Å². The highest BCUT2D eigenvalue weighted by atomic mass is 15.2. The second-order valence-electron chi connectivity index (χ2n) is 13.2. The Bertz CT molecular complexity index is 1320. The van der Waals surface area contributed by atoms with E-state index >= 15 is 0 Å². The van der Waals surface area contributed by atoms with E-state index in [4.69, 9.17) is 0 Å². The molecule has 2 saturated heterocycles. The predicted molar refractivity (Wildman–Crippen MR) is 200 cm³/mol. The molecule has 0 radical (unpaired) electrons. The number of likely N-dealkylation sites (tertiary alicyclic amines) is 2. The van der Waals surface area contributed by atoms with Gasteiger partial charge in [0, 0.05) is 56.3 Å². The number of hydrogen-bond donors (Lipinski definition) is 0. The Morgan fingerprint density at radius 2 is 1.07 bits per heavy atom. The zero-order chi connectivity index (χ0) is 32.1. The average molecular weight is 623 g/mol. The molecule has 0 saturated carbocycles. The third kappa shape index (κ3) is 9.01. The molecule has 0 N–H and O–H groups in total. The molecule has 5 nitrogen and oxygen atoms in total. The molecule has 2 aromatic carbocycles. The maximum absolute atomic E-state index is 2.64. The number of hydrogen-bond acceptors (Lipinski definition) is 4. The normalized spacial score (nSPS) is 17.4. The van der Waals surface area contributed by atoms with Crippen LogP contribution in [-0.2, 0) is 0 Å². The van der Waals surface area contributed by atoms with Crippen LogP contribution >= 0.6 is 0 Å². The van der Waals surface area contributed by atoms with Crippen LogP contribution in [0, 0.1) is 0 Å². The molecular formula is C41H60N5+. The van der Waals surface area contributed by atoms with Gasteiger partial charge in [-0.1, -0.05) is 37.1 Å². The first-order chi connectivity index (χ1) is 22.6. The van der Waals surface area contributed by atoms with Gasteiger partial charge in [-0.2, -0.15) is 0 Å². The van der Waals surface area contributed by atoms with Gasteiger partial charge in [-0.15, -0.1) is 0 Å². The van der Waals surface area contributed by atoms with Crippen molar-refractivity contribution in [3.8, 4) is 0 Å². The molecule has 5 heteroatoms. The molecule has 1 aliphatic carbocycles. The summed E-state index contributed by atoms with van der Waals surface area (Å²) in [7, 11) is 0. The number of likely N-dealkylation sites (N-methyl/N-ethyl adjacent to an activating group) is 2. The summed E-state index contributed by atoms with van der Waals surface area (Å²) in [5.41, 5.74) is 9.05. The second-order valence-corrected chi connectivity index (χ2v) is 13.2. The molecule has 0 atom stereocenters. The van der Waals surface area contributed by atoms with Crippen LogP contribution in [0.2, 0.25) is 0 Å². The van der Waals surface area contributed by atoms with Crippen molar-refractivity contribution in [3.63, 3.8) is 0 Å². The van der Waals surface area contributed by atoms with Crippen molar-refractivity contribution in [3.05, 3.63) is 89.5 Å². The van der Waals surface area contributed by atoms with Crippen LogP contribution in [0.3, 0.4) is 0 Å². The predicted octanol–water partition coefficient (Wildman–Crippen LogP) is 7.73. The minimum atomic E-state index is 1.02. The van der Waals surface area contributed by atoms with Gasteiger partial charge in [-0.25, -0.2) is 4.58 Å². The van der Waals surface area contributed by atoms with Crippen LogP contribution < -0.4 is 9.80 Å². The van der Waals surface area contributed by atoms with E-state index in [1.165, 1.54) is 104 Å². The average Bonchev–Trinajstić information content (AvgIpc) is 3.12. The Balaban J connectivity index is 1.40. The van der Waals surface area contributed by atoms with Crippen molar-refractivity contribution in [1.82, 2.24) is 9.80 Å². The summed E-state index contributed by atoms with van der Waals surface area (Å²) in [4.78, 5) is 10.2. The number of piperidine rings is 2. The molecule has 2 heterocycles. The van der Waals surface area contributed by atoms with E-state index < -0.39 is 0 Å². The standard InChI is InChI=1S/C41H60N5/c1-5-44(6-2)38-21-15-35(16-22-38)41(36-17-23-39(24-18-36)45(7-3)33-31-42-27-11-9-12-28-42)37-19-25-40(26-20-37)46(8-4)34-32-43-29-13-10-14-30-43/h15-26H,5-14,27-34H2,1-4H3/q+1. The van der Waals surface area contributed by atoms with Crippen LogP contribution in [0.25, 0.3) is 5.57 Å². The Morgan fingerprint density at radius 3 is 1.54 bits per heavy atom. The Kier molecular flexibility index (Phi) is 13.1. The van der Waals surface area contributed by atoms with E-state index in [0.29, 0.717) is 0 Å². The molecular weight excluding hydrogens is 562 g/mol. The van der Waals surface area contributed by atoms with Gasteiger partial charge in [-0.3, -0.25) is 4.90 Å².